The Bertz CT molecular complexity index is 1820. The summed E-state index contributed by atoms with van der Waals surface area (Å²) < 4.78 is 18.1. The van der Waals surface area contributed by atoms with E-state index in [4.69, 9.17) is 19.3 Å². The van der Waals surface area contributed by atoms with Crippen LogP contribution < -0.4 is 0 Å². The van der Waals surface area contributed by atoms with E-state index in [2.05, 4.69) is 97.1 Å². The van der Waals surface area contributed by atoms with E-state index in [1.54, 1.807) is 7.11 Å². The topological polar surface area (TPSA) is 47.9 Å². The summed E-state index contributed by atoms with van der Waals surface area (Å²) in [5.41, 5.74) is 3.41. The van der Waals surface area contributed by atoms with Crippen LogP contribution in [0.5, 0.6) is 0 Å². The summed E-state index contributed by atoms with van der Waals surface area (Å²) in [4.78, 5) is 0. The number of fused-ring (bicyclic) bond motifs is 3. The van der Waals surface area contributed by atoms with Crippen LogP contribution in [0.4, 0.5) is 0 Å². The van der Waals surface area contributed by atoms with E-state index >= 15 is 0 Å². The standard InChI is InChI=1S/C28H28O3S.C11H10O/c1-29-28-27(31-18-21-11-13-23-7-3-5-9-25(23)15-21)16-26(32-28)19-30-17-20-10-12-22-6-2-4-8-24(22)14-20;12-8-9-5-6-10-3-1-2-4-11(10)7-9/h2-15,26-28H,16-19H2,1H3;1-7,12H,8H2/t26-,27-,28?;/m0./s1. The quantitative estimate of drug-likeness (QED) is 0.179. The molecule has 0 amide bonds. The van der Waals surface area contributed by atoms with Gasteiger partial charge in [-0.3, -0.25) is 0 Å². The van der Waals surface area contributed by atoms with Gasteiger partial charge in [0.05, 0.1) is 32.5 Å². The van der Waals surface area contributed by atoms with Gasteiger partial charge in [0.2, 0.25) is 0 Å². The Morgan fingerprint density at radius 2 is 1.09 bits per heavy atom. The molecule has 1 aliphatic heterocycles. The third-order valence-electron chi connectivity index (χ3n) is 8.02. The average Bonchev–Trinajstić information content (AvgIpc) is 3.49. The maximum Gasteiger partial charge on any atom is 0.129 e. The first-order chi connectivity index (χ1) is 21.7. The Hall–Kier alpha value is -3.71. The maximum atomic E-state index is 8.90. The van der Waals surface area contributed by atoms with Crippen LogP contribution in [-0.4, -0.2) is 35.6 Å². The zero-order valence-electron chi connectivity index (χ0n) is 25.0. The molecule has 0 bridgehead atoms. The van der Waals surface area contributed by atoms with Gasteiger partial charge in [-0.1, -0.05) is 109 Å². The minimum absolute atomic E-state index is 0.0460. The first kappa shape index (κ1) is 30.3. The fourth-order valence-electron chi connectivity index (χ4n) is 5.67. The molecule has 44 heavy (non-hydrogen) atoms. The Labute approximate surface area is 263 Å². The number of ether oxygens (including phenoxy) is 3. The maximum absolute atomic E-state index is 8.90. The van der Waals surface area contributed by atoms with Gasteiger partial charge in [-0.15, -0.1) is 11.8 Å². The molecule has 1 unspecified atom stereocenters. The number of aliphatic hydroxyl groups excluding tert-OH is 1. The van der Waals surface area contributed by atoms with Crippen molar-refractivity contribution in [1.29, 1.82) is 0 Å². The molecule has 6 aromatic rings. The normalized spacial score (nSPS) is 18.0. The van der Waals surface area contributed by atoms with Crippen LogP contribution in [0.25, 0.3) is 32.3 Å². The van der Waals surface area contributed by atoms with Gasteiger partial charge in [-0.25, -0.2) is 0 Å². The van der Waals surface area contributed by atoms with Gasteiger partial charge < -0.3 is 19.3 Å². The van der Waals surface area contributed by atoms with Crippen LogP contribution in [0.1, 0.15) is 23.1 Å². The Balaban J connectivity index is 0.000000238. The number of benzene rings is 6. The molecule has 6 aromatic carbocycles. The van der Waals surface area contributed by atoms with E-state index in [9.17, 15) is 0 Å². The molecule has 0 aliphatic carbocycles. The van der Waals surface area contributed by atoms with Crippen molar-refractivity contribution in [2.45, 2.75) is 43.0 Å². The highest BCUT2D eigenvalue weighted by atomic mass is 32.2. The van der Waals surface area contributed by atoms with Crippen molar-refractivity contribution in [3.05, 3.63) is 144 Å². The molecule has 4 nitrogen and oxygen atoms in total. The molecule has 0 radical (unpaired) electrons. The summed E-state index contributed by atoms with van der Waals surface area (Å²) in [6, 6.07) is 44.0. The predicted octanol–water partition coefficient (Wildman–Crippen LogP) is 8.91. The van der Waals surface area contributed by atoms with Crippen molar-refractivity contribution in [2.24, 2.45) is 0 Å². The number of hydrogen-bond acceptors (Lipinski definition) is 5. The second-order valence-corrected chi connectivity index (χ2v) is 12.6. The second kappa shape index (κ2) is 14.8. The van der Waals surface area contributed by atoms with Gasteiger partial charge >= 0.3 is 0 Å². The highest BCUT2D eigenvalue weighted by Gasteiger charge is 2.36. The largest absolute Gasteiger partial charge is 0.392 e. The molecule has 1 N–H and O–H groups in total. The van der Waals surface area contributed by atoms with E-state index in [1.807, 2.05) is 42.1 Å². The van der Waals surface area contributed by atoms with Crippen molar-refractivity contribution < 1.29 is 19.3 Å². The average molecular weight is 603 g/mol. The molecule has 0 spiro atoms. The summed E-state index contributed by atoms with van der Waals surface area (Å²) in [6.45, 7) is 2.04. The molecular weight excluding hydrogens is 564 g/mol. The predicted molar refractivity (Wildman–Crippen MR) is 183 cm³/mol. The van der Waals surface area contributed by atoms with Crippen LogP contribution in [0.2, 0.25) is 0 Å². The molecule has 1 aliphatic rings. The summed E-state index contributed by atoms with van der Waals surface area (Å²) >= 11 is 1.82. The smallest absolute Gasteiger partial charge is 0.129 e. The second-order valence-electron chi connectivity index (χ2n) is 11.2. The van der Waals surface area contributed by atoms with Crippen LogP contribution in [0.15, 0.2) is 127 Å². The number of hydrogen-bond donors (Lipinski definition) is 1. The van der Waals surface area contributed by atoms with Gasteiger partial charge in [0.25, 0.3) is 0 Å². The van der Waals surface area contributed by atoms with Crippen LogP contribution in [0, 0.1) is 0 Å². The lowest BCUT2D eigenvalue weighted by molar-refractivity contribution is -0.0249. The van der Waals surface area contributed by atoms with E-state index in [1.165, 1.54) is 43.4 Å². The number of aliphatic hydroxyl groups is 1. The first-order valence-electron chi connectivity index (χ1n) is 15.1. The van der Waals surface area contributed by atoms with Gasteiger partial charge in [-0.05, 0) is 73.6 Å². The van der Waals surface area contributed by atoms with Crippen LogP contribution in [0.3, 0.4) is 0 Å². The van der Waals surface area contributed by atoms with Gasteiger partial charge in [0, 0.05) is 12.4 Å². The Kier molecular flexibility index (Phi) is 10.2. The molecule has 3 atom stereocenters. The van der Waals surface area contributed by atoms with Crippen LogP contribution in [-0.2, 0) is 34.0 Å². The zero-order valence-corrected chi connectivity index (χ0v) is 25.8. The zero-order chi connectivity index (χ0) is 30.1. The Morgan fingerprint density at radius 3 is 1.61 bits per heavy atom. The number of thioether (sulfide) groups is 1. The fourth-order valence-corrected chi connectivity index (χ4v) is 7.00. The van der Waals surface area contributed by atoms with Gasteiger partial charge in [0.1, 0.15) is 5.44 Å². The van der Waals surface area contributed by atoms with Gasteiger partial charge in [-0.2, -0.15) is 0 Å². The molecule has 224 valence electrons. The fraction of sp³-hybridized carbons (Fsp3) is 0.231. The van der Waals surface area contributed by atoms with E-state index < -0.39 is 0 Å². The lowest BCUT2D eigenvalue weighted by Gasteiger charge is -2.18. The summed E-state index contributed by atoms with van der Waals surface area (Å²) in [7, 11) is 1.77. The molecule has 1 fully saturated rings. The molecular formula is C39H38O4S. The molecule has 0 saturated carbocycles. The van der Waals surface area contributed by atoms with Crippen molar-refractivity contribution in [1.82, 2.24) is 0 Å². The number of rotatable bonds is 9. The third kappa shape index (κ3) is 7.68. The highest BCUT2D eigenvalue weighted by molar-refractivity contribution is 8.00. The van der Waals surface area contributed by atoms with Crippen molar-refractivity contribution in [2.75, 3.05) is 13.7 Å². The van der Waals surface area contributed by atoms with Gasteiger partial charge in [0.15, 0.2) is 0 Å². The van der Waals surface area contributed by atoms with Crippen LogP contribution >= 0.6 is 11.8 Å². The summed E-state index contributed by atoms with van der Waals surface area (Å²) in [6.07, 6.45) is 1.01. The molecule has 7 rings (SSSR count). The Morgan fingerprint density at radius 1 is 0.614 bits per heavy atom. The van der Waals surface area contributed by atoms with E-state index in [-0.39, 0.29) is 18.1 Å². The molecule has 0 aromatic heterocycles. The summed E-state index contributed by atoms with van der Waals surface area (Å²) in [5.74, 6) is 0. The SMILES string of the molecule is COC1S[C@H](COCc2ccc3ccccc3c2)C[C@@H]1OCc1ccc2ccccc2c1.OCc1ccc2ccccc2c1. The number of methoxy groups -OCH3 is 1. The van der Waals surface area contributed by atoms with Crippen molar-refractivity contribution in [3.8, 4) is 0 Å². The third-order valence-corrected chi connectivity index (χ3v) is 9.50. The monoisotopic (exact) mass is 602 g/mol. The van der Waals surface area contributed by atoms with E-state index in [0.717, 1.165) is 12.0 Å². The molecule has 1 heterocycles. The van der Waals surface area contributed by atoms with E-state index in [0.29, 0.717) is 25.1 Å². The molecule has 1 saturated heterocycles. The lowest BCUT2D eigenvalue weighted by Crippen LogP contribution is -2.23. The lowest BCUT2D eigenvalue weighted by atomic mass is 10.1. The minimum atomic E-state index is 0.0460. The minimum Gasteiger partial charge on any atom is -0.392 e. The first-order valence-corrected chi connectivity index (χ1v) is 16.0. The summed E-state index contributed by atoms with van der Waals surface area (Å²) in [5, 5.41) is 16.7. The highest BCUT2D eigenvalue weighted by Crippen LogP contribution is 2.37. The van der Waals surface area contributed by atoms with Crippen molar-refractivity contribution >= 4 is 44.1 Å². The molecule has 5 heteroatoms. The van der Waals surface area contributed by atoms with Crippen molar-refractivity contribution in [3.63, 3.8) is 0 Å².